The first-order chi connectivity index (χ1) is 5.38. The molecule has 1 aliphatic carbocycles. The summed E-state index contributed by atoms with van der Waals surface area (Å²) in [5.41, 5.74) is 0.598. The predicted molar refractivity (Wildman–Crippen MR) is 44.6 cm³/mol. The van der Waals surface area contributed by atoms with E-state index in [1.54, 1.807) is 0 Å². The van der Waals surface area contributed by atoms with E-state index in [2.05, 4.69) is 10.2 Å². The highest BCUT2D eigenvalue weighted by atomic mass is 15.3. The fraction of sp³-hybridized carbons (Fsp3) is 1.00. The van der Waals surface area contributed by atoms with Crippen LogP contribution in [0.3, 0.4) is 0 Å². The van der Waals surface area contributed by atoms with E-state index in [1.165, 1.54) is 45.3 Å². The van der Waals surface area contributed by atoms with Crippen LogP contribution >= 0.6 is 0 Å². The van der Waals surface area contributed by atoms with Gasteiger partial charge >= 0.3 is 0 Å². The maximum atomic E-state index is 3.70. The first-order valence-corrected chi connectivity index (χ1v) is 4.87. The van der Waals surface area contributed by atoms with Crippen molar-refractivity contribution < 1.29 is 0 Å². The average molecular weight is 152 g/mol. The van der Waals surface area contributed by atoms with Crippen LogP contribution < -0.4 is 5.32 Å². The standard InChI is InChI=1S/C9H16N2/c1-2-8-6-10-9(3-4-9)7-11(8)5-1/h8,10H,1-7H2/t8-/m1/s1. The monoisotopic (exact) mass is 152 g/mol. The minimum atomic E-state index is 0.598. The highest BCUT2D eigenvalue weighted by molar-refractivity contribution is 5.09. The third-order valence-electron chi connectivity index (χ3n) is 3.57. The molecular weight excluding hydrogens is 136 g/mol. The number of hydrogen-bond donors (Lipinski definition) is 1. The van der Waals surface area contributed by atoms with Gasteiger partial charge in [-0.15, -0.1) is 0 Å². The zero-order valence-corrected chi connectivity index (χ0v) is 6.97. The lowest BCUT2D eigenvalue weighted by molar-refractivity contribution is 0.163. The topological polar surface area (TPSA) is 15.3 Å². The fourth-order valence-electron chi connectivity index (χ4n) is 2.60. The largest absolute Gasteiger partial charge is 0.308 e. The van der Waals surface area contributed by atoms with Crippen LogP contribution in [0, 0.1) is 0 Å². The normalized spacial score (nSPS) is 40.9. The van der Waals surface area contributed by atoms with Crippen LogP contribution in [0.15, 0.2) is 0 Å². The van der Waals surface area contributed by atoms with Crippen molar-refractivity contribution in [2.75, 3.05) is 19.6 Å². The molecule has 0 aromatic rings. The molecule has 2 heteroatoms. The molecule has 3 aliphatic rings. The van der Waals surface area contributed by atoms with Gasteiger partial charge in [-0.3, -0.25) is 4.90 Å². The van der Waals surface area contributed by atoms with Gasteiger partial charge in [0.25, 0.3) is 0 Å². The number of piperazine rings is 1. The summed E-state index contributed by atoms with van der Waals surface area (Å²) in [7, 11) is 0. The smallest absolute Gasteiger partial charge is 0.0310 e. The third kappa shape index (κ3) is 0.926. The Morgan fingerprint density at radius 3 is 3.09 bits per heavy atom. The lowest BCUT2D eigenvalue weighted by Gasteiger charge is -2.36. The van der Waals surface area contributed by atoms with Crippen molar-refractivity contribution in [3.05, 3.63) is 0 Å². The Morgan fingerprint density at radius 2 is 2.27 bits per heavy atom. The number of nitrogens with one attached hydrogen (secondary N) is 1. The number of rotatable bonds is 0. The van der Waals surface area contributed by atoms with Crippen LogP contribution in [0.25, 0.3) is 0 Å². The Balaban J connectivity index is 1.75. The van der Waals surface area contributed by atoms with Crippen LogP contribution in [-0.4, -0.2) is 36.1 Å². The predicted octanol–water partition coefficient (Wildman–Crippen LogP) is 0.587. The Kier molecular flexibility index (Phi) is 1.16. The van der Waals surface area contributed by atoms with Gasteiger partial charge in [0, 0.05) is 24.7 Å². The van der Waals surface area contributed by atoms with Gasteiger partial charge in [0.15, 0.2) is 0 Å². The quantitative estimate of drug-likeness (QED) is 0.546. The van der Waals surface area contributed by atoms with E-state index in [4.69, 9.17) is 0 Å². The van der Waals surface area contributed by atoms with Crippen LogP contribution in [0.4, 0.5) is 0 Å². The molecule has 0 unspecified atom stereocenters. The van der Waals surface area contributed by atoms with Crippen molar-refractivity contribution in [3.63, 3.8) is 0 Å². The summed E-state index contributed by atoms with van der Waals surface area (Å²) in [4.78, 5) is 2.70. The van der Waals surface area contributed by atoms with Crippen molar-refractivity contribution in [2.45, 2.75) is 37.3 Å². The maximum absolute atomic E-state index is 3.70. The van der Waals surface area contributed by atoms with Crippen LogP contribution in [0.2, 0.25) is 0 Å². The number of nitrogens with zero attached hydrogens (tertiary/aromatic N) is 1. The zero-order valence-electron chi connectivity index (χ0n) is 6.97. The first-order valence-electron chi connectivity index (χ1n) is 4.87. The SMILES string of the molecule is C1C[C@@H]2CNC3(CC3)CN2C1. The molecule has 0 aromatic carbocycles. The number of fused-ring (bicyclic) bond motifs is 1. The molecule has 0 radical (unpaired) electrons. The van der Waals surface area contributed by atoms with Gasteiger partial charge in [-0.05, 0) is 32.2 Å². The van der Waals surface area contributed by atoms with Crippen molar-refractivity contribution in [3.8, 4) is 0 Å². The lowest BCUT2D eigenvalue weighted by atomic mass is 10.1. The second kappa shape index (κ2) is 1.99. The summed E-state index contributed by atoms with van der Waals surface area (Å²) in [6.07, 6.45) is 5.72. The summed E-state index contributed by atoms with van der Waals surface area (Å²) < 4.78 is 0. The van der Waals surface area contributed by atoms with Gasteiger partial charge < -0.3 is 5.32 Å². The summed E-state index contributed by atoms with van der Waals surface area (Å²) >= 11 is 0. The molecule has 3 rings (SSSR count). The molecule has 0 bridgehead atoms. The van der Waals surface area contributed by atoms with E-state index in [-0.39, 0.29) is 0 Å². The summed E-state index contributed by atoms with van der Waals surface area (Å²) in [5.74, 6) is 0. The van der Waals surface area contributed by atoms with Crippen LogP contribution in [-0.2, 0) is 0 Å². The molecule has 1 N–H and O–H groups in total. The van der Waals surface area contributed by atoms with Gasteiger partial charge in [0.05, 0.1) is 0 Å². The van der Waals surface area contributed by atoms with Crippen molar-refractivity contribution in [2.24, 2.45) is 0 Å². The minimum Gasteiger partial charge on any atom is -0.308 e. The minimum absolute atomic E-state index is 0.598. The van der Waals surface area contributed by atoms with Crippen LogP contribution in [0.5, 0.6) is 0 Å². The van der Waals surface area contributed by atoms with Crippen molar-refractivity contribution in [1.82, 2.24) is 10.2 Å². The molecule has 11 heavy (non-hydrogen) atoms. The fourth-order valence-corrected chi connectivity index (χ4v) is 2.60. The first kappa shape index (κ1) is 6.44. The molecule has 1 saturated carbocycles. The van der Waals surface area contributed by atoms with E-state index in [1.807, 2.05) is 0 Å². The molecule has 2 heterocycles. The van der Waals surface area contributed by atoms with Gasteiger partial charge in [-0.1, -0.05) is 0 Å². The van der Waals surface area contributed by atoms with Crippen LogP contribution in [0.1, 0.15) is 25.7 Å². The van der Waals surface area contributed by atoms with Crippen molar-refractivity contribution >= 4 is 0 Å². The van der Waals surface area contributed by atoms with Gasteiger partial charge in [-0.2, -0.15) is 0 Å². The Labute approximate surface area is 68.0 Å². The third-order valence-corrected chi connectivity index (χ3v) is 3.57. The number of hydrogen-bond acceptors (Lipinski definition) is 2. The van der Waals surface area contributed by atoms with E-state index in [0.717, 1.165) is 6.04 Å². The lowest BCUT2D eigenvalue weighted by Crippen LogP contribution is -2.55. The molecule has 2 saturated heterocycles. The molecule has 0 aromatic heterocycles. The molecule has 1 atom stereocenters. The molecule has 3 fully saturated rings. The molecule has 62 valence electrons. The summed E-state index contributed by atoms with van der Waals surface area (Å²) in [6, 6.07) is 0.890. The van der Waals surface area contributed by atoms with Gasteiger partial charge in [0.1, 0.15) is 0 Å². The zero-order chi connectivity index (χ0) is 7.31. The second-order valence-electron chi connectivity index (χ2n) is 4.43. The van der Waals surface area contributed by atoms with E-state index in [0.29, 0.717) is 5.54 Å². The molecule has 2 nitrogen and oxygen atoms in total. The molecule has 0 amide bonds. The highest BCUT2D eigenvalue weighted by Crippen LogP contribution is 2.40. The average Bonchev–Trinajstić information content (AvgIpc) is 2.63. The van der Waals surface area contributed by atoms with E-state index in [9.17, 15) is 0 Å². The van der Waals surface area contributed by atoms with E-state index >= 15 is 0 Å². The van der Waals surface area contributed by atoms with Gasteiger partial charge in [0.2, 0.25) is 0 Å². The van der Waals surface area contributed by atoms with Gasteiger partial charge in [-0.25, -0.2) is 0 Å². The maximum Gasteiger partial charge on any atom is 0.0310 e. The summed E-state index contributed by atoms with van der Waals surface area (Å²) in [6.45, 7) is 3.98. The summed E-state index contributed by atoms with van der Waals surface area (Å²) in [5, 5.41) is 3.70. The molecule has 1 spiro atoms. The Hall–Kier alpha value is -0.0800. The van der Waals surface area contributed by atoms with Crippen molar-refractivity contribution in [1.29, 1.82) is 0 Å². The molecular formula is C9H16N2. The second-order valence-corrected chi connectivity index (χ2v) is 4.43. The van der Waals surface area contributed by atoms with E-state index < -0.39 is 0 Å². The molecule has 2 aliphatic heterocycles. The highest BCUT2D eigenvalue weighted by Gasteiger charge is 2.48. The Bertz CT molecular complexity index is 174. The Morgan fingerprint density at radius 1 is 1.36 bits per heavy atom.